The molecule has 21 heavy (non-hydrogen) atoms. The standard InChI is InChI=1S/C12H11F3NO3.W.Y/c1-6(17)16-8(4-12(18)19)2-7-3-10(14)11(15)5-9(7)13;;/h3,5,8H,1-2,4H2,(H,16,17)(H,18,19);;/q-1;;. The van der Waals surface area contributed by atoms with E-state index in [4.69, 9.17) is 5.11 Å². The fraction of sp³-hybridized carbons (Fsp3) is 0.250. The number of benzene rings is 1. The van der Waals surface area contributed by atoms with Gasteiger partial charge in [0, 0.05) is 65.9 Å². The van der Waals surface area contributed by atoms with E-state index in [0.29, 0.717) is 12.1 Å². The van der Waals surface area contributed by atoms with Crippen molar-refractivity contribution in [2.45, 2.75) is 18.9 Å². The molecule has 2 N–H and O–H groups in total. The van der Waals surface area contributed by atoms with Crippen LogP contribution in [0.15, 0.2) is 12.1 Å². The smallest absolute Gasteiger partial charge is 0.305 e. The number of rotatable bonds is 5. The molecule has 9 heteroatoms. The summed E-state index contributed by atoms with van der Waals surface area (Å²) in [6.45, 7) is 3.01. The summed E-state index contributed by atoms with van der Waals surface area (Å²) in [5, 5.41) is 10.9. The summed E-state index contributed by atoms with van der Waals surface area (Å²) in [6, 6.07) is 0.0466. The Balaban J connectivity index is 0. The van der Waals surface area contributed by atoms with E-state index in [1.165, 1.54) is 0 Å². The molecule has 0 aliphatic rings. The molecule has 113 valence electrons. The van der Waals surface area contributed by atoms with Crippen LogP contribution in [-0.4, -0.2) is 23.0 Å². The van der Waals surface area contributed by atoms with Crippen molar-refractivity contribution in [3.05, 3.63) is 42.1 Å². The SMILES string of the molecule is [CH2-]C(=O)NC(CC(=O)O)Cc1cc(F)c(F)cc1F.[W].[Y]. The molecule has 0 aliphatic heterocycles. The third-order valence-electron chi connectivity index (χ3n) is 2.34. The first-order valence-corrected chi connectivity index (χ1v) is 5.27. The number of carbonyl (C=O) groups excluding carboxylic acids is 1. The molecule has 1 radical (unpaired) electrons. The predicted molar refractivity (Wildman–Crippen MR) is 59.6 cm³/mol. The molecule has 1 aromatic carbocycles. The van der Waals surface area contributed by atoms with Crippen LogP contribution in [0.5, 0.6) is 0 Å². The number of amides is 1. The number of carbonyl (C=O) groups is 2. The van der Waals surface area contributed by atoms with Crippen LogP contribution >= 0.6 is 0 Å². The summed E-state index contributed by atoms with van der Waals surface area (Å²) in [4.78, 5) is 21.4. The summed E-state index contributed by atoms with van der Waals surface area (Å²) in [5.74, 6) is -5.55. The van der Waals surface area contributed by atoms with Crippen molar-refractivity contribution >= 4 is 11.9 Å². The Labute approximate surface area is 159 Å². The van der Waals surface area contributed by atoms with Gasteiger partial charge < -0.3 is 22.1 Å². The number of carboxylic acids is 1. The van der Waals surface area contributed by atoms with Gasteiger partial charge in [0.25, 0.3) is 0 Å². The van der Waals surface area contributed by atoms with Gasteiger partial charge in [0.1, 0.15) is 5.82 Å². The third kappa shape index (κ3) is 7.98. The van der Waals surface area contributed by atoms with Gasteiger partial charge in [0.05, 0.1) is 12.3 Å². The van der Waals surface area contributed by atoms with Crippen molar-refractivity contribution in [1.82, 2.24) is 5.32 Å². The minimum Gasteiger partial charge on any atom is -0.481 e. The molecule has 1 unspecified atom stereocenters. The number of halogens is 3. The normalized spacial score (nSPS) is 10.8. The monoisotopic (exact) mass is 547 g/mol. The zero-order chi connectivity index (χ0) is 14.6. The van der Waals surface area contributed by atoms with E-state index < -0.39 is 41.8 Å². The maximum absolute atomic E-state index is 13.4. The van der Waals surface area contributed by atoms with E-state index in [1.807, 2.05) is 0 Å². The van der Waals surface area contributed by atoms with Crippen LogP contribution in [0.1, 0.15) is 12.0 Å². The third-order valence-corrected chi connectivity index (χ3v) is 2.34. The van der Waals surface area contributed by atoms with Crippen molar-refractivity contribution in [2.75, 3.05) is 0 Å². The molecule has 1 amide bonds. The number of aliphatic carboxylic acids is 1. The topological polar surface area (TPSA) is 66.4 Å². The molecule has 0 bridgehead atoms. The maximum atomic E-state index is 13.4. The largest absolute Gasteiger partial charge is 0.481 e. The van der Waals surface area contributed by atoms with Crippen molar-refractivity contribution in [3.63, 3.8) is 0 Å². The second-order valence-electron chi connectivity index (χ2n) is 3.92. The van der Waals surface area contributed by atoms with E-state index >= 15 is 0 Å². The summed E-state index contributed by atoms with van der Waals surface area (Å²) >= 11 is 0. The number of hydrogen-bond acceptors (Lipinski definition) is 2. The zero-order valence-electron chi connectivity index (χ0n) is 10.7. The number of nitrogens with one attached hydrogen (secondary N) is 1. The van der Waals surface area contributed by atoms with E-state index in [1.54, 1.807) is 0 Å². The molecule has 1 aromatic rings. The zero-order valence-corrected chi connectivity index (χ0v) is 16.5. The maximum Gasteiger partial charge on any atom is 0.305 e. The van der Waals surface area contributed by atoms with Crippen molar-refractivity contribution in [1.29, 1.82) is 0 Å². The average molecular weight is 547 g/mol. The van der Waals surface area contributed by atoms with Gasteiger partial charge in [-0.1, -0.05) is 0 Å². The molecule has 0 saturated carbocycles. The van der Waals surface area contributed by atoms with Crippen LogP contribution < -0.4 is 5.32 Å². The van der Waals surface area contributed by atoms with Gasteiger partial charge in [-0.3, -0.25) is 4.79 Å². The second-order valence-corrected chi connectivity index (χ2v) is 3.92. The van der Waals surface area contributed by atoms with Crippen LogP contribution in [-0.2, 0) is 69.8 Å². The Morgan fingerprint density at radius 1 is 1.19 bits per heavy atom. The van der Waals surface area contributed by atoms with Crippen molar-refractivity contribution in [3.8, 4) is 0 Å². The molecular formula is C12H11F3NO3WY-. The Hall–Kier alpha value is -0.388. The molecule has 0 aliphatic carbocycles. The molecule has 0 fully saturated rings. The second kappa shape index (κ2) is 10.4. The Kier molecular flexibility index (Phi) is 11.3. The summed E-state index contributed by atoms with van der Waals surface area (Å²) < 4.78 is 39.1. The predicted octanol–water partition coefficient (Wildman–Crippen LogP) is 1.43. The summed E-state index contributed by atoms with van der Waals surface area (Å²) in [5.41, 5.74) is -0.223. The molecular weight excluding hydrogens is 536 g/mol. The van der Waals surface area contributed by atoms with Gasteiger partial charge in [-0.2, -0.15) is 0 Å². The summed E-state index contributed by atoms with van der Waals surface area (Å²) in [7, 11) is 0. The van der Waals surface area contributed by atoms with Gasteiger partial charge in [-0.05, 0) is 18.1 Å². The van der Waals surface area contributed by atoms with Crippen LogP contribution in [0.25, 0.3) is 0 Å². The quantitative estimate of drug-likeness (QED) is 0.434. The van der Waals surface area contributed by atoms with Crippen molar-refractivity contribution in [2.24, 2.45) is 0 Å². The fourth-order valence-corrected chi connectivity index (χ4v) is 1.60. The number of hydrogen-bond donors (Lipinski definition) is 2. The van der Waals surface area contributed by atoms with Gasteiger partial charge in [-0.15, -0.1) is 0 Å². The van der Waals surface area contributed by atoms with E-state index in [-0.39, 0.29) is 65.8 Å². The summed E-state index contributed by atoms with van der Waals surface area (Å²) in [6.07, 6.45) is -0.768. The van der Waals surface area contributed by atoms with Gasteiger partial charge in [0.15, 0.2) is 11.6 Å². The van der Waals surface area contributed by atoms with Gasteiger partial charge in [0.2, 0.25) is 0 Å². The van der Waals surface area contributed by atoms with E-state index in [0.717, 1.165) is 0 Å². The molecule has 1 rings (SSSR count). The van der Waals surface area contributed by atoms with Gasteiger partial charge in [-0.25, -0.2) is 13.2 Å². The number of carboxylic acid groups (broad SMARTS) is 1. The first kappa shape index (κ1) is 22.9. The molecule has 1 atom stereocenters. The minimum atomic E-state index is -1.34. The van der Waals surface area contributed by atoms with Crippen molar-refractivity contribution < 1.29 is 81.6 Å². The van der Waals surface area contributed by atoms with E-state index in [9.17, 15) is 22.8 Å². The first-order valence-electron chi connectivity index (χ1n) is 5.27. The molecule has 0 heterocycles. The minimum absolute atomic E-state index is 0. The van der Waals surface area contributed by atoms with Crippen LogP contribution in [0.4, 0.5) is 13.2 Å². The first-order chi connectivity index (χ1) is 8.79. The van der Waals surface area contributed by atoms with Crippen LogP contribution in [0.3, 0.4) is 0 Å². The Morgan fingerprint density at radius 2 is 1.71 bits per heavy atom. The average Bonchev–Trinajstić information content (AvgIpc) is 2.23. The molecule has 4 nitrogen and oxygen atoms in total. The van der Waals surface area contributed by atoms with Crippen LogP contribution in [0, 0.1) is 24.4 Å². The van der Waals surface area contributed by atoms with Gasteiger partial charge >= 0.3 is 5.97 Å². The van der Waals surface area contributed by atoms with E-state index in [2.05, 4.69) is 12.2 Å². The molecule has 0 spiro atoms. The Bertz CT molecular complexity index is 501. The van der Waals surface area contributed by atoms with Crippen LogP contribution in [0.2, 0.25) is 0 Å². The molecule has 0 saturated heterocycles. The Morgan fingerprint density at radius 3 is 2.19 bits per heavy atom. The fourth-order valence-electron chi connectivity index (χ4n) is 1.60. The molecule has 0 aromatic heterocycles.